The van der Waals surface area contributed by atoms with Crippen LogP contribution >= 0.6 is 0 Å². The molecule has 1 aliphatic rings. The van der Waals surface area contributed by atoms with Gasteiger partial charge in [-0.1, -0.05) is 133 Å². The van der Waals surface area contributed by atoms with Crippen molar-refractivity contribution in [2.24, 2.45) is 0 Å². The van der Waals surface area contributed by atoms with Crippen molar-refractivity contribution >= 4 is 17.1 Å². The maximum atomic E-state index is 5.24. The number of para-hydroxylation sites is 2. The zero-order valence-corrected chi connectivity index (χ0v) is 23.6. The molecule has 0 fully saturated rings. The molecule has 0 spiro atoms. The largest absolute Gasteiger partial charge is 0.309 e. The van der Waals surface area contributed by atoms with Gasteiger partial charge in [0.1, 0.15) is 0 Å². The first-order chi connectivity index (χ1) is 21.3. The molecule has 1 aliphatic heterocycles. The second-order valence-electron chi connectivity index (χ2n) is 10.8. The van der Waals surface area contributed by atoms with Gasteiger partial charge in [-0.15, -0.1) is 0 Å². The number of fused-ring (bicyclic) bond motifs is 5. The highest BCUT2D eigenvalue weighted by atomic mass is 15.1. The number of nitrogens with zero attached hydrogens (tertiary/aromatic N) is 2. The van der Waals surface area contributed by atoms with Crippen LogP contribution in [0, 0.1) is 0 Å². The molecule has 0 saturated heterocycles. The quantitative estimate of drug-likeness (QED) is 0.217. The van der Waals surface area contributed by atoms with Gasteiger partial charge >= 0.3 is 0 Å². The maximum absolute atomic E-state index is 5.24. The average molecular weight is 549 g/mol. The predicted molar refractivity (Wildman–Crippen MR) is 180 cm³/mol. The number of rotatable bonds is 4. The first-order valence-corrected chi connectivity index (χ1v) is 14.6. The summed E-state index contributed by atoms with van der Waals surface area (Å²) in [6.07, 6.45) is 0. The van der Waals surface area contributed by atoms with Crippen molar-refractivity contribution in [1.29, 1.82) is 0 Å². The molecule has 0 atom stereocenters. The maximum Gasteiger partial charge on any atom is 0.0716 e. The zero-order chi connectivity index (χ0) is 28.6. The van der Waals surface area contributed by atoms with E-state index >= 15 is 0 Å². The van der Waals surface area contributed by atoms with E-state index < -0.39 is 0 Å². The summed E-state index contributed by atoms with van der Waals surface area (Å²) in [5.74, 6) is 0. The molecule has 2 heterocycles. The molecule has 2 heteroatoms. The zero-order valence-electron chi connectivity index (χ0n) is 23.6. The van der Waals surface area contributed by atoms with Crippen LogP contribution in [0.5, 0.6) is 0 Å². The minimum atomic E-state index is 0.946. The minimum Gasteiger partial charge on any atom is -0.309 e. The number of hydrogen-bond acceptors (Lipinski definition) is 2. The molecule has 6 aromatic carbocycles. The third kappa shape index (κ3) is 4.50. The first kappa shape index (κ1) is 25.0. The Morgan fingerprint density at radius 1 is 0.326 bits per heavy atom. The molecular weight excluding hydrogens is 520 g/mol. The molecule has 2 nitrogen and oxygen atoms in total. The van der Waals surface area contributed by atoms with E-state index in [2.05, 4.69) is 169 Å². The van der Waals surface area contributed by atoms with E-state index in [9.17, 15) is 0 Å². The van der Waals surface area contributed by atoms with Gasteiger partial charge in [-0.3, -0.25) is 0 Å². The van der Waals surface area contributed by atoms with Crippen LogP contribution < -0.4 is 4.90 Å². The lowest BCUT2D eigenvalue weighted by molar-refractivity contribution is 1.28. The van der Waals surface area contributed by atoms with E-state index in [1.807, 2.05) is 6.07 Å². The van der Waals surface area contributed by atoms with Crippen LogP contribution in [-0.2, 0) is 0 Å². The average Bonchev–Trinajstić information content (AvgIpc) is 3.21. The highest BCUT2D eigenvalue weighted by molar-refractivity contribution is 6.03. The molecule has 0 unspecified atom stereocenters. The van der Waals surface area contributed by atoms with Crippen molar-refractivity contribution in [3.05, 3.63) is 170 Å². The van der Waals surface area contributed by atoms with Crippen molar-refractivity contribution in [3.8, 4) is 55.9 Å². The van der Waals surface area contributed by atoms with Gasteiger partial charge in [0.25, 0.3) is 0 Å². The van der Waals surface area contributed by atoms with Crippen LogP contribution in [0.4, 0.5) is 17.1 Å². The Morgan fingerprint density at radius 2 is 0.837 bits per heavy atom. The van der Waals surface area contributed by atoms with Gasteiger partial charge in [-0.25, -0.2) is 4.98 Å². The molecule has 7 aromatic rings. The highest BCUT2D eigenvalue weighted by Crippen LogP contribution is 2.51. The summed E-state index contributed by atoms with van der Waals surface area (Å²) in [4.78, 5) is 7.64. The fourth-order valence-corrected chi connectivity index (χ4v) is 6.17. The van der Waals surface area contributed by atoms with Gasteiger partial charge in [-0.2, -0.15) is 0 Å². The third-order valence-electron chi connectivity index (χ3n) is 8.20. The van der Waals surface area contributed by atoms with E-state index in [0.29, 0.717) is 0 Å². The van der Waals surface area contributed by atoms with Gasteiger partial charge < -0.3 is 4.90 Å². The summed E-state index contributed by atoms with van der Waals surface area (Å²) in [6, 6.07) is 60.3. The van der Waals surface area contributed by atoms with E-state index in [1.165, 1.54) is 27.8 Å². The molecule has 0 amide bonds. The monoisotopic (exact) mass is 548 g/mol. The number of aromatic nitrogens is 1. The summed E-state index contributed by atoms with van der Waals surface area (Å²) in [6.45, 7) is 0. The number of anilines is 3. The Morgan fingerprint density at radius 3 is 1.51 bits per heavy atom. The fraction of sp³-hybridized carbons (Fsp3) is 0. The topological polar surface area (TPSA) is 16.1 Å². The van der Waals surface area contributed by atoms with E-state index in [1.54, 1.807) is 0 Å². The van der Waals surface area contributed by atoms with Gasteiger partial charge in [-0.05, 0) is 58.7 Å². The standard InChI is InChI=1S/C41H28N2/c1-4-14-29(15-5-1)32-26-38(30-16-6-2-7-17-30)42-39(27-32)31-24-25-37-35-21-11-10-20-34(35)36-22-12-13-23-40(36)43(41(37)28-31)33-18-8-3-9-19-33/h1-28H. The minimum absolute atomic E-state index is 0.946. The lowest BCUT2D eigenvalue weighted by atomic mass is 9.93. The Bertz CT molecular complexity index is 2010. The summed E-state index contributed by atoms with van der Waals surface area (Å²) in [7, 11) is 0. The van der Waals surface area contributed by atoms with E-state index in [0.717, 1.165) is 45.1 Å². The van der Waals surface area contributed by atoms with Gasteiger partial charge in [0.15, 0.2) is 0 Å². The smallest absolute Gasteiger partial charge is 0.0716 e. The molecular formula is C41H28N2. The fourth-order valence-electron chi connectivity index (χ4n) is 6.17. The molecule has 43 heavy (non-hydrogen) atoms. The number of hydrogen-bond donors (Lipinski definition) is 0. The van der Waals surface area contributed by atoms with Gasteiger partial charge in [0, 0.05) is 27.9 Å². The van der Waals surface area contributed by atoms with Crippen LogP contribution in [-0.4, -0.2) is 4.98 Å². The van der Waals surface area contributed by atoms with Gasteiger partial charge in [0.05, 0.1) is 22.8 Å². The molecule has 0 N–H and O–H groups in total. The van der Waals surface area contributed by atoms with E-state index in [4.69, 9.17) is 4.98 Å². The van der Waals surface area contributed by atoms with Crippen molar-refractivity contribution in [2.75, 3.05) is 4.90 Å². The van der Waals surface area contributed by atoms with Crippen LogP contribution in [0.15, 0.2) is 170 Å². The second-order valence-corrected chi connectivity index (χ2v) is 10.8. The Kier molecular flexibility index (Phi) is 6.16. The molecule has 0 aliphatic carbocycles. The predicted octanol–water partition coefficient (Wildman–Crippen LogP) is 11.2. The van der Waals surface area contributed by atoms with Crippen LogP contribution in [0.3, 0.4) is 0 Å². The lowest BCUT2D eigenvalue weighted by Crippen LogP contribution is -2.11. The Balaban J connectivity index is 1.39. The van der Waals surface area contributed by atoms with Crippen molar-refractivity contribution in [1.82, 2.24) is 4.98 Å². The Labute approximate surface area is 252 Å². The summed E-state index contributed by atoms with van der Waals surface area (Å²) < 4.78 is 0. The highest BCUT2D eigenvalue weighted by Gasteiger charge is 2.26. The number of benzene rings is 6. The summed E-state index contributed by atoms with van der Waals surface area (Å²) in [5, 5.41) is 0. The number of pyridine rings is 1. The first-order valence-electron chi connectivity index (χ1n) is 14.6. The summed E-state index contributed by atoms with van der Waals surface area (Å²) >= 11 is 0. The summed E-state index contributed by atoms with van der Waals surface area (Å²) in [5.41, 5.74) is 14.7. The Hall–Kier alpha value is -5.73. The van der Waals surface area contributed by atoms with Crippen molar-refractivity contribution < 1.29 is 0 Å². The third-order valence-corrected chi connectivity index (χ3v) is 8.20. The molecule has 0 saturated carbocycles. The van der Waals surface area contributed by atoms with Crippen LogP contribution in [0.1, 0.15) is 0 Å². The van der Waals surface area contributed by atoms with Gasteiger partial charge in [0.2, 0.25) is 0 Å². The normalized spacial score (nSPS) is 11.7. The van der Waals surface area contributed by atoms with E-state index in [-0.39, 0.29) is 0 Å². The molecule has 0 radical (unpaired) electrons. The van der Waals surface area contributed by atoms with Crippen LogP contribution in [0.25, 0.3) is 55.9 Å². The molecule has 8 rings (SSSR count). The van der Waals surface area contributed by atoms with Crippen molar-refractivity contribution in [2.45, 2.75) is 0 Å². The molecule has 202 valence electrons. The SMILES string of the molecule is c1ccc(-c2cc(-c3ccccc3)nc(-c3ccc4c(c3)N(c3ccccc3)c3ccccc3-c3ccccc3-4)c2)cc1. The lowest BCUT2D eigenvalue weighted by Gasteiger charge is -2.27. The molecule has 1 aromatic heterocycles. The molecule has 0 bridgehead atoms. The van der Waals surface area contributed by atoms with Crippen molar-refractivity contribution in [3.63, 3.8) is 0 Å². The second kappa shape index (κ2) is 10.6. The van der Waals surface area contributed by atoms with Crippen LogP contribution in [0.2, 0.25) is 0 Å².